The molecule has 0 unspecified atom stereocenters. The Bertz CT molecular complexity index is 132. The van der Waals surface area contributed by atoms with Crippen LogP contribution in [0.15, 0.2) is 18.4 Å². The molecule has 52 valence electrons. The van der Waals surface area contributed by atoms with Gasteiger partial charge in [-0.3, -0.25) is 0 Å². The van der Waals surface area contributed by atoms with E-state index in [0.29, 0.717) is 0 Å². The Labute approximate surface area is 49.5 Å². The molecule has 0 N–H and O–H groups in total. The summed E-state index contributed by atoms with van der Waals surface area (Å²) in [4.78, 5) is 0. The lowest BCUT2D eigenvalue weighted by atomic mass is 10.3. The van der Waals surface area contributed by atoms with E-state index in [-0.39, 0.29) is 6.08 Å². The molecule has 4 heteroatoms. The number of halogens is 4. The summed E-state index contributed by atoms with van der Waals surface area (Å²) in [5.74, 6) is -4.08. The summed E-state index contributed by atoms with van der Waals surface area (Å²) in [5, 5.41) is 0. The van der Waals surface area contributed by atoms with Crippen molar-refractivity contribution in [2.75, 3.05) is 0 Å². The quantitative estimate of drug-likeness (QED) is 0.407. The number of hydrogen-bond acceptors (Lipinski definition) is 0. The second-order valence-corrected chi connectivity index (χ2v) is 1.32. The highest BCUT2D eigenvalue weighted by molar-refractivity contribution is 4.93. The lowest BCUT2D eigenvalue weighted by Gasteiger charge is -2.06. The first-order valence-corrected chi connectivity index (χ1v) is 2.03. The first-order chi connectivity index (χ1) is 4.00. The maximum Gasteiger partial charge on any atom is 0.333 e. The first-order valence-electron chi connectivity index (χ1n) is 2.03. The van der Waals surface area contributed by atoms with Gasteiger partial charge in [-0.15, -0.1) is 5.73 Å². The van der Waals surface area contributed by atoms with Gasteiger partial charge in [0.05, 0.1) is 0 Å². The second kappa shape index (κ2) is 2.69. The van der Waals surface area contributed by atoms with E-state index in [0.717, 1.165) is 0 Å². The van der Waals surface area contributed by atoms with E-state index in [1.807, 2.05) is 0 Å². The predicted octanol–water partition coefficient (Wildman–Crippen LogP) is 2.23. The molecule has 0 rings (SSSR count). The van der Waals surface area contributed by atoms with E-state index < -0.39 is 12.3 Å². The minimum absolute atomic E-state index is 0.0579. The Kier molecular flexibility index (Phi) is 2.46. The third kappa shape index (κ3) is 2.33. The molecule has 0 heterocycles. The van der Waals surface area contributed by atoms with Crippen molar-refractivity contribution >= 4 is 0 Å². The molecule has 0 radical (unpaired) electrons. The highest BCUT2D eigenvalue weighted by Gasteiger charge is 2.37. The Morgan fingerprint density at radius 1 is 1.44 bits per heavy atom. The topological polar surface area (TPSA) is 0 Å². The van der Waals surface area contributed by atoms with Crippen LogP contribution in [0.5, 0.6) is 0 Å². The molecule has 0 saturated heterocycles. The molecule has 0 atom stereocenters. The molecule has 0 amide bonds. The van der Waals surface area contributed by atoms with Gasteiger partial charge >= 0.3 is 12.3 Å². The molecule has 0 aliphatic carbocycles. The van der Waals surface area contributed by atoms with E-state index in [9.17, 15) is 17.6 Å². The predicted molar refractivity (Wildman–Crippen MR) is 24.7 cm³/mol. The highest BCUT2D eigenvalue weighted by Crippen LogP contribution is 2.23. The van der Waals surface area contributed by atoms with Crippen molar-refractivity contribution in [3.05, 3.63) is 18.4 Å². The maximum absolute atomic E-state index is 11.6. The fraction of sp³-hybridized carbons (Fsp3) is 0.400. The largest absolute Gasteiger partial charge is 0.333 e. The average Bonchev–Trinajstić information content (AvgIpc) is 1.65. The van der Waals surface area contributed by atoms with Gasteiger partial charge in [0, 0.05) is 6.08 Å². The zero-order valence-corrected chi connectivity index (χ0v) is 4.37. The van der Waals surface area contributed by atoms with Crippen LogP contribution >= 0.6 is 0 Å². The molecule has 0 aliphatic rings. The molecular weight excluding hydrogens is 136 g/mol. The van der Waals surface area contributed by atoms with Crippen molar-refractivity contribution in [3.63, 3.8) is 0 Å². The molecule has 0 aromatic heterocycles. The van der Waals surface area contributed by atoms with Crippen molar-refractivity contribution in [2.24, 2.45) is 0 Å². The Hall–Kier alpha value is -0.760. The summed E-state index contributed by atoms with van der Waals surface area (Å²) in [6, 6.07) is 0. The Morgan fingerprint density at radius 3 is 2.00 bits per heavy atom. The van der Waals surface area contributed by atoms with Gasteiger partial charge < -0.3 is 0 Å². The van der Waals surface area contributed by atoms with Gasteiger partial charge in [-0.1, -0.05) is 6.58 Å². The Balaban J connectivity index is 4.18. The van der Waals surface area contributed by atoms with Crippen molar-refractivity contribution < 1.29 is 17.6 Å². The zero-order valence-electron chi connectivity index (χ0n) is 4.37. The van der Waals surface area contributed by atoms with Crippen LogP contribution < -0.4 is 0 Å². The molecule has 0 fully saturated rings. The normalized spacial score (nSPS) is 11.2. The first kappa shape index (κ1) is 8.24. The van der Waals surface area contributed by atoms with E-state index in [1.165, 1.54) is 0 Å². The fourth-order valence-corrected chi connectivity index (χ4v) is 0.199. The van der Waals surface area contributed by atoms with Crippen molar-refractivity contribution in [2.45, 2.75) is 12.3 Å². The Morgan fingerprint density at radius 2 is 1.89 bits per heavy atom. The third-order valence-corrected chi connectivity index (χ3v) is 0.585. The van der Waals surface area contributed by atoms with Crippen LogP contribution in [0, 0.1) is 0 Å². The minimum Gasteiger partial charge on any atom is -0.203 e. The molecule has 0 aliphatic heterocycles. The number of alkyl halides is 4. The molecule has 0 aromatic rings. The van der Waals surface area contributed by atoms with Gasteiger partial charge in [0.15, 0.2) is 0 Å². The van der Waals surface area contributed by atoms with E-state index >= 15 is 0 Å². The van der Waals surface area contributed by atoms with Crippen molar-refractivity contribution in [1.29, 1.82) is 0 Å². The number of hydrogen-bond donors (Lipinski definition) is 0. The van der Waals surface area contributed by atoms with Crippen LogP contribution in [-0.4, -0.2) is 12.3 Å². The average molecular weight is 140 g/mol. The highest BCUT2D eigenvalue weighted by atomic mass is 19.3. The third-order valence-electron chi connectivity index (χ3n) is 0.585. The van der Waals surface area contributed by atoms with Gasteiger partial charge in [-0.05, 0) is 0 Å². The molecule has 0 bridgehead atoms. The molecular formula is C5H4F4. The van der Waals surface area contributed by atoms with E-state index in [1.54, 1.807) is 5.73 Å². The fourth-order valence-electron chi connectivity index (χ4n) is 0.199. The monoisotopic (exact) mass is 140 g/mol. The van der Waals surface area contributed by atoms with Crippen molar-refractivity contribution in [3.8, 4) is 0 Å². The lowest BCUT2D eigenvalue weighted by Crippen LogP contribution is -2.22. The van der Waals surface area contributed by atoms with Crippen LogP contribution in [0.3, 0.4) is 0 Å². The lowest BCUT2D eigenvalue weighted by molar-refractivity contribution is -0.0905. The molecule has 0 aromatic carbocycles. The summed E-state index contributed by atoms with van der Waals surface area (Å²) in [7, 11) is 0. The van der Waals surface area contributed by atoms with Gasteiger partial charge in [0.1, 0.15) is 0 Å². The standard InChI is InChI=1S/C5H4F4/c1-2-3-5(8,9)4(6)7/h3-4H,1H2. The molecule has 0 saturated carbocycles. The van der Waals surface area contributed by atoms with E-state index in [2.05, 4.69) is 6.58 Å². The van der Waals surface area contributed by atoms with Crippen LogP contribution in [0.2, 0.25) is 0 Å². The summed E-state index contributed by atoms with van der Waals surface area (Å²) < 4.78 is 45.6. The summed E-state index contributed by atoms with van der Waals surface area (Å²) in [5.41, 5.74) is 1.58. The number of rotatable bonds is 2. The summed E-state index contributed by atoms with van der Waals surface area (Å²) in [6.45, 7) is 2.73. The summed E-state index contributed by atoms with van der Waals surface area (Å²) >= 11 is 0. The second-order valence-electron chi connectivity index (χ2n) is 1.32. The van der Waals surface area contributed by atoms with Gasteiger partial charge in [0.25, 0.3) is 0 Å². The SMILES string of the molecule is C=C=CC(F)(F)C(F)F. The molecule has 0 nitrogen and oxygen atoms in total. The molecule has 0 spiro atoms. The van der Waals surface area contributed by atoms with Gasteiger partial charge in [-0.25, -0.2) is 8.78 Å². The van der Waals surface area contributed by atoms with E-state index in [4.69, 9.17) is 0 Å². The van der Waals surface area contributed by atoms with Crippen LogP contribution in [0.4, 0.5) is 17.6 Å². The maximum atomic E-state index is 11.6. The summed E-state index contributed by atoms with van der Waals surface area (Å²) in [6.07, 6.45) is -3.73. The van der Waals surface area contributed by atoms with Gasteiger partial charge in [-0.2, -0.15) is 8.78 Å². The smallest absolute Gasteiger partial charge is 0.203 e. The van der Waals surface area contributed by atoms with Crippen molar-refractivity contribution in [1.82, 2.24) is 0 Å². The number of allylic oxidation sites excluding steroid dienone is 1. The van der Waals surface area contributed by atoms with Gasteiger partial charge in [0.2, 0.25) is 0 Å². The molecule has 9 heavy (non-hydrogen) atoms. The van der Waals surface area contributed by atoms with Crippen LogP contribution in [0.25, 0.3) is 0 Å². The minimum atomic E-state index is -4.08. The van der Waals surface area contributed by atoms with Crippen LogP contribution in [-0.2, 0) is 0 Å². The van der Waals surface area contributed by atoms with Crippen LogP contribution in [0.1, 0.15) is 0 Å². The zero-order chi connectivity index (χ0) is 7.49.